The molecule has 0 atom stereocenters. The smallest absolute Gasteiger partial charge is 0.344 e. The molecule has 0 aliphatic rings. The molecule has 0 radical (unpaired) electrons. The van der Waals surface area contributed by atoms with E-state index in [4.69, 9.17) is 18.9 Å². The highest BCUT2D eigenvalue weighted by molar-refractivity contribution is 7.97. The van der Waals surface area contributed by atoms with E-state index in [-0.39, 0.29) is 24.1 Å². The summed E-state index contributed by atoms with van der Waals surface area (Å²) < 4.78 is 115. The maximum Gasteiger partial charge on any atom is 0.344 e. The Kier molecular flexibility index (Phi) is 13.8. The number of esters is 2. The van der Waals surface area contributed by atoms with E-state index >= 15 is 0 Å². The van der Waals surface area contributed by atoms with Crippen molar-refractivity contribution in [2.75, 3.05) is 13.2 Å². The van der Waals surface area contributed by atoms with Crippen molar-refractivity contribution < 1.29 is 63.5 Å². The topological polar surface area (TPSA) is 128 Å². The van der Waals surface area contributed by atoms with E-state index in [9.17, 15) is 44.5 Å². The molecule has 4 aromatic carbocycles. The molecule has 9 nitrogen and oxygen atoms in total. The van der Waals surface area contributed by atoms with Crippen molar-refractivity contribution in [3.63, 3.8) is 0 Å². The van der Waals surface area contributed by atoms with E-state index in [0.717, 1.165) is 14.7 Å². The minimum Gasteiger partial charge on any atom is -0.744 e. The Hall–Kier alpha value is -4.67. The molecule has 0 unspecified atom stereocenters. The first-order chi connectivity index (χ1) is 24.1. The normalized spacial score (nSPS) is 11.7. The molecular formula is C36H35F5O9S2. The van der Waals surface area contributed by atoms with Gasteiger partial charge in [0.25, 0.3) is 0 Å². The Morgan fingerprint density at radius 2 is 0.904 bits per heavy atom. The number of halogens is 5. The second-order valence-electron chi connectivity index (χ2n) is 12.7. The van der Waals surface area contributed by atoms with E-state index in [1.165, 1.54) is 0 Å². The Bertz CT molecular complexity index is 1860. The first-order valence-corrected chi connectivity index (χ1v) is 17.9. The van der Waals surface area contributed by atoms with Gasteiger partial charge in [-0.05, 0) is 102 Å². The van der Waals surface area contributed by atoms with Gasteiger partial charge < -0.3 is 23.5 Å². The van der Waals surface area contributed by atoms with E-state index in [1.807, 2.05) is 108 Å². The highest BCUT2D eigenvalue weighted by Crippen LogP contribution is 2.33. The molecule has 4 aromatic rings. The summed E-state index contributed by atoms with van der Waals surface area (Å²) in [4.78, 5) is 24.9. The number of carbonyl (C=O) groups excluding carboxylic acids is 2. The zero-order valence-corrected chi connectivity index (χ0v) is 30.4. The van der Waals surface area contributed by atoms with Gasteiger partial charge in [0.05, 0.1) is 10.9 Å². The number of rotatable bonds is 10. The van der Waals surface area contributed by atoms with E-state index in [2.05, 4.69) is 12.1 Å². The molecule has 280 valence electrons. The fraction of sp³-hybridized carbons (Fsp3) is 0.278. The minimum absolute atomic E-state index is 0.147. The average Bonchev–Trinajstić information content (AvgIpc) is 3.04. The maximum atomic E-state index is 12.6. The standard InChI is InChI=1S/C30H35O6S.C6HF5O3S/c1-29(2,3)35-27(31)20-33-22-12-16-25(17-13-22)37(24-10-8-7-9-11-24)26-18-14-23(15-19-26)34-21-28(32)36-30(4,5)6;7-1-2(8)4(10)6(15(12,13)14)5(11)3(1)9/h7-19H,20-21H2,1-6H3;(H,12,13,14)/q+1;/p-1. The quantitative estimate of drug-likeness (QED) is 0.0402. The molecule has 0 amide bonds. The van der Waals surface area contributed by atoms with Crippen molar-refractivity contribution in [1.29, 1.82) is 0 Å². The molecule has 16 heteroatoms. The van der Waals surface area contributed by atoms with Crippen LogP contribution in [0.3, 0.4) is 0 Å². The Balaban J connectivity index is 0.000000406. The average molecular weight is 771 g/mol. The molecule has 0 aliphatic carbocycles. The van der Waals surface area contributed by atoms with Gasteiger partial charge in [-0.1, -0.05) is 18.2 Å². The lowest BCUT2D eigenvalue weighted by atomic mass is 10.2. The highest BCUT2D eigenvalue weighted by atomic mass is 32.2. The molecule has 0 saturated carbocycles. The van der Waals surface area contributed by atoms with Crippen LogP contribution in [-0.4, -0.2) is 49.3 Å². The fourth-order valence-electron chi connectivity index (χ4n) is 4.14. The molecule has 0 heterocycles. The number of carbonyl (C=O) groups is 2. The Morgan fingerprint density at radius 3 is 1.23 bits per heavy atom. The second kappa shape index (κ2) is 17.2. The van der Waals surface area contributed by atoms with Crippen molar-refractivity contribution in [3.8, 4) is 11.5 Å². The minimum atomic E-state index is -5.77. The summed E-state index contributed by atoms with van der Waals surface area (Å²) in [5, 5.41) is 0. The van der Waals surface area contributed by atoms with Gasteiger partial charge in [-0.25, -0.2) is 40.0 Å². The monoisotopic (exact) mass is 770 g/mol. The van der Waals surface area contributed by atoms with Crippen molar-refractivity contribution in [3.05, 3.63) is 108 Å². The molecule has 0 N–H and O–H groups in total. The van der Waals surface area contributed by atoms with E-state index < -0.39 is 67.2 Å². The molecule has 4 rings (SSSR count). The third-order valence-electron chi connectivity index (χ3n) is 6.07. The Morgan fingerprint density at radius 1 is 0.577 bits per heavy atom. The highest BCUT2D eigenvalue weighted by Gasteiger charge is 2.30. The van der Waals surface area contributed by atoms with Gasteiger partial charge >= 0.3 is 11.9 Å². The van der Waals surface area contributed by atoms with Gasteiger partial charge in [0.1, 0.15) is 37.7 Å². The van der Waals surface area contributed by atoms with Crippen molar-refractivity contribution in [2.24, 2.45) is 0 Å². The van der Waals surface area contributed by atoms with Crippen LogP contribution < -0.4 is 9.47 Å². The number of benzene rings is 4. The van der Waals surface area contributed by atoms with Crippen LogP contribution in [0, 0.1) is 29.1 Å². The molecule has 0 spiro atoms. The summed E-state index contributed by atoms with van der Waals surface area (Å²) in [6.07, 6.45) is 0. The first-order valence-electron chi connectivity index (χ1n) is 15.2. The van der Waals surface area contributed by atoms with Crippen LogP contribution >= 0.6 is 0 Å². The molecule has 0 aliphatic heterocycles. The summed E-state index contributed by atoms with van der Waals surface area (Å²) in [6, 6.07) is 25.7. The fourth-order valence-corrected chi connectivity index (χ4v) is 6.82. The van der Waals surface area contributed by atoms with E-state index in [1.54, 1.807) is 0 Å². The maximum absolute atomic E-state index is 12.6. The predicted molar refractivity (Wildman–Crippen MR) is 178 cm³/mol. The summed E-state index contributed by atoms with van der Waals surface area (Å²) >= 11 is 0. The first kappa shape index (κ1) is 41.7. The molecule has 0 aromatic heterocycles. The summed E-state index contributed by atoms with van der Waals surface area (Å²) in [7, 11) is -6.15. The Labute approximate surface area is 300 Å². The van der Waals surface area contributed by atoms with Crippen LogP contribution in [0.15, 0.2) is 98.4 Å². The summed E-state index contributed by atoms with van der Waals surface area (Å²) in [5.74, 6) is -12.5. The molecule has 0 saturated heterocycles. The van der Waals surface area contributed by atoms with Crippen LogP contribution in [0.4, 0.5) is 22.0 Å². The third kappa shape index (κ3) is 12.2. The summed E-state index contributed by atoms with van der Waals surface area (Å²) in [5.41, 5.74) is -1.10. The molecule has 0 bridgehead atoms. The lowest BCUT2D eigenvalue weighted by Crippen LogP contribution is -2.27. The van der Waals surface area contributed by atoms with Crippen LogP contribution in [0.1, 0.15) is 41.5 Å². The SMILES string of the molecule is CC(C)(C)OC(=O)COc1ccc([S+](c2ccccc2)c2ccc(OCC(=O)OC(C)(C)C)cc2)cc1.O=S(=O)([O-])c1c(F)c(F)c(F)c(F)c1F. The van der Waals surface area contributed by atoms with Gasteiger partial charge in [0.15, 0.2) is 51.2 Å². The van der Waals surface area contributed by atoms with Gasteiger partial charge in [-0.15, -0.1) is 0 Å². The van der Waals surface area contributed by atoms with Crippen LogP contribution in [0.25, 0.3) is 0 Å². The lowest BCUT2D eigenvalue weighted by molar-refractivity contribution is -0.158. The molecular weight excluding hydrogens is 736 g/mol. The van der Waals surface area contributed by atoms with E-state index in [0.29, 0.717) is 11.5 Å². The molecule has 0 fully saturated rings. The zero-order chi connectivity index (χ0) is 39.0. The van der Waals surface area contributed by atoms with Gasteiger partial charge in [0, 0.05) is 0 Å². The third-order valence-corrected chi connectivity index (χ3v) is 9.16. The van der Waals surface area contributed by atoms with Crippen molar-refractivity contribution in [2.45, 2.75) is 72.3 Å². The van der Waals surface area contributed by atoms with Crippen LogP contribution in [-0.2, 0) is 40.1 Å². The number of hydrogen-bond acceptors (Lipinski definition) is 9. The van der Waals surface area contributed by atoms with Crippen molar-refractivity contribution >= 4 is 33.0 Å². The van der Waals surface area contributed by atoms with Crippen LogP contribution in [0.2, 0.25) is 0 Å². The van der Waals surface area contributed by atoms with Gasteiger partial charge in [-0.3, -0.25) is 0 Å². The molecule has 52 heavy (non-hydrogen) atoms. The largest absolute Gasteiger partial charge is 0.744 e. The summed E-state index contributed by atoms with van der Waals surface area (Å²) in [6.45, 7) is 10.6. The predicted octanol–water partition coefficient (Wildman–Crippen LogP) is 7.51. The van der Waals surface area contributed by atoms with Gasteiger partial charge in [0.2, 0.25) is 5.82 Å². The number of ether oxygens (including phenoxy) is 4. The second-order valence-corrected chi connectivity index (χ2v) is 16.0. The van der Waals surface area contributed by atoms with Crippen LogP contribution in [0.5, 0.6) is 11.5 Å². The zero-order valence-electron chi connectivity index (χ0n) is 28.8. The number of hydrogen-bond donors (Lipinski definition) is 0. The lowest BCUT2D eigenvalue weighted by Gasteiger charge is -2.19. The van der Waals surface area contributed by atoms with Gasteiger partial charge in [-0.2, -0.15) is 0 Å². The van der Waals surface area contributed by atoms with Crippen molar-refractivity contribution in [1.82, 2.24) is 0 Å².